The van der Waals surface area contributed by atoms with Crippen LogP contribution in [0.15, 0.2) is 11.4 Å². The average Bonchev–Trinajstić information content (AvgIpc) is 2.93. The molecule has 0 amide bonds. The van der Waals surface area contributed by atoms with Gasteiger partial charge in [-0.2, -0.15) is 4.98 Å². The van der Waals surface area contributed by atoms with Gasteiger partial charge in [-0.3, -0.25) is 0 Å². The molecule has 0 spiro atoms. The lowest BCUT2D eigenvalue weighted by Gasteiger charge is -2.28. The van der Waals surface area contributed by atoms with Gasteiger partial charge in [-0.05, 0) is 36.1 Å². The van der Waals surface area contributed by atoms with Crippen molar-refractivity contribution < 1.29 is 0 Å². The molecule has 0 aromatic carbocycles. The van der Waals surface area contributed by atoms with Gasteiger partial charge in [0.05, 0.1) is 5.39 Å². The Balaban J connectivity index is 1.64. The molecule has 1 fully saturated rings. The van der Waals surface area contributed by atoms with E-state index in [0.29, 0.717) is 5.95 Å². The van der Waals surface area contributed by atoms with Crippen molar-refractivity contribution in [1.29, 1.82) is 0 Å². The molecule has 2 heterocycles. The van der Waals surface area contributed by atoms with E-state index in [2.05, 4.69) is 28.3 Å². The van der Waals surface area contributed by atoms with Crippen molar-refractivity contribution in [2.24, 2.45) is 11.8 Å². The van der Waals surface area contributed by atoms with Crippen molar-refractivity contribution in [2.75, 3.05) is 17.6 Å². The van der Waals surface area contributed by atoms with E-state index in [1.54, 1.807) is 11.3 Å². The van der Waals surface area contributed by atoms with Crippen molar-refractivity contribution in [3.05, 3.63) is 11.4 Å². The van der Waals surface area contributed by atoms with Crippen LogP contribution < -0.4 is 11.1 Å². The normalized spacial score (nSPS) is 23.1. The molecule has 20 heavy (non-hydrogen) atoms. The number of hydrogen-bond donors (Lipinski definition) is 2. The fraction of sp³-hybridized carbons (Fsp3) is 0.600. The average molecular weight is 290 g/mol. The van der Waals surface area contributed by atoms with E-state index in [4.69, 9.17) is 5.73 Å². The lowest BCUT2D eigenvalue weighted by atomic mass is 9.81. The first-order chi connectivity index (χ1) is 9.76. The highest BCUT2D eigenvalue weighted by molar-refractivity contribution is 7.16. The highest BCUT2D eigenvalue weighted by Gasteiger charge is 2.20. The smallest absolute Gasteiger partial charge is 0.223 e. The predicted octanol–water partition coefficient (Wildman–Crippen LogP) is 3.90. The second-order valence-electron chi connectivity index (χ2n) is 5.75. The summed E-state index contributed by atoms with van der Waals surface area (Å²) in [6, 6.07) is 2.07. The molecule has 0 saturated heterocycles. The zero-order valence-corrected chi connectivity index (χ0v) is 12.7. The van der Waals surface area contributed by atoms with Crippen LogP contribution in [-0.2, 0) is 0 Å². The number of hydrogen-bond acceptors (Lipinski definition) is 5. The van der Waals surface area contributed by atoms with Crippen LogP contribution in [0.5, 0.6) is 0 Å². The highest BCUT2D eigenvalue weighted by Crippen LogP contribution is 2.31. The van der Waals surface area contributed by atoms with Crippen LogP contribution in [0, 0.1) is 11.8 Å². The molecule has 0 aliphatic heterocycles. The van der Waals surface area contributed by atoms with Crippen LogP contribution in [0.25, 0.3) is 10.2 Å². The summed E-state index contributed by atoms with van der Waals surface area (Å²) in [5.41, 5.74) is 5.77. The van der Waals surface area contributed by atoms with Crippen LogP contribution in [0.1, 0.15) is 39.0 Å². The van der Waals surface area contributed by atoms with Crippen LogP contribution >= 0.6 is 11.3 Å². The quantitative estimate of drug-likeness (QED) is 0.896. The van der Waals surface area contributed by atoms with E-state index in [1.165, 1.54) is 32.1 Å². The maximum atomic E-state index is 5.77. The SMILES string of the molecule is CCC1CCC(CNc2nc(N)nc3sccc23)CC1. The molecule has 2 aromatic rings. The van der Waals surface area contributed by atoms with E-state index >= 15 is 0 Å². The van der Waals surface area contributed by atoms with Crippen molar-refractivity contribution in [2.45, 2.75) is 39.0 Å². The van der Waals surface area contributed by atoms with Gasteiger partial charge in [-0.25, -0.2) is 4.98 Å². The molecule has 0 radical (unpaired) electrons. The molecule has 1 saturated carbocycles. The Morgan fingerprint density at radius 1 is 1.25 bits per heavy atom. The first-order valence-electron chi connectivity index (χ1n) is 7.51. The number of anilines is 2. The first kappa shape index (κ1) is 13.6. The summed E-state index contributed by atoms with van der Waals surface area (Å²) < 4.78 is 0. The molecule has 2 aromatic heterocycles. The minimum Gasteiger partial charge on any atom is -0.369 e. The third-order valence-electron chi connectivity index (χ3n) is 4.44. The van der Waals surface area contributed by atoms with Crippen LogP contribution in [-0.4, -0.2) is 16.5 Å². The maximum Gasteiger partial charge on any atom is 0.223 e. The first-order valence-corrected chi connectivity index (χ1v) is 8.38. The molecule has 1 aliphatic rings. The van der Waals surface area contributed by atoms with Gasteiger partial charge in [0.25, 0.3) is 0 Å². The topological polar surface area (TPSA) is 63.8 Å². The largest absolute Gasteiger partial charge is 0.369 e. The number of nitrogen functional groups attached to an aromatic ring is 1. The lowest BCUT2D eigenvalue weighted by molar-refractivity contribution is 0.278. The summed E-state index contributed by atoms with van der Waals surface area (Å²) in [5, 5.41) is 6.62. The molecule has 0 bridgehead atoms. The fourth-order valence-corrected chi connectivity index (χ4v) is 3.86. The Hall–Kier alpha value is -1.36. The van der Waals surface area contributed by atoms with Gasteiger partial charge in [-0.1, -0.05) is 26.2 Å². The van der Waals surface area contributed by atoms with E-state index < -0.39 is 0 Å². The van der Waals surface area contributed by atoms with E-state index in [9.17, 15) is 0 Å². The van der Waals surface area contributed by atoms with Gasteiger partial charge in [-0.15, -0.1) is 11.3 Å². The fourth-order valence-electron chi connectivity index (χ4n) is 3.09. The molecule has 108 valence electrons. The van der Waals surface area contributed by atoms with Gasteiger partial charge < -0.3 is 11.1 Å². The standard InChI is InChI=1S/C15H22N4S/c1-2-10-3-5-11(6-4-10)9-17-13-12-7-8-20-14(12)19-15(16)18-13/h7-8,10-11H,2-6,9H2,1H3,(H3,16,17,18,19). The van der Waals surface area contributed by atoms with Crippen molar-refractivity contribution in [3.8, 4) is 0 Å². The molecule has 0 atom stereocenters. The molecule has 4 nitrogen and oxygen atoms in total. The summed E-state index contributed by atoms with van der Waals surface area (Å²) in [4.78, 5) is 9.58. The molecule has 3 rings (SSSR count). The van der Waals surface area contributed by atoms with Gasteiger partial charge in [0, 0.05) is 6.54 Å². The van der Waals surface area contributed by atoms with Crippen molar-refractivity contribution >= 4 is 33.3 Å². The number of thiophene rings is 1. The lowest BCUT2D eigenvalue weighted by Crippen LogP contribution is -2.21. The van der Waals surface area contributed by atoms with E-state index in [0.717, 1.165) is 34.4 Å². The Morgan fingerprint density at radius 2 is 2.00 bits per heavy atom. The number of rotatable bonds is 4. The predicted molar refractivity (Wildman–Crippen MR) is 86.1 cm³/mol. The minimum atomic E-state index is 0.358. The third-order valence-corrected chi connectivity index (χ3v) is 5.25. The maximum absolute atomic E-state index is 5.77. The zero-order chi connectivity index (χ0) is 13.9. The van der Waals surface area contributed by atoms with Crippen molar-refractivity contribution in [3.63, 3.8) is 0 Å². The summed E-state index contributed by atoms with van der Waals surface area (Å²) in [6.45, 7) is 3.30. The van der Waals surface area contributed by atoms with Gasteiger partial charge >= 0.3 is 0 Å². The molecular formula is C15H22N4S. The van der Waals surface area contributed by atoms with Gasteiger partial charge in [0.2, 0.25) is 5.95 Å². The Bertz CT molecular complexity index is 572. The summed E-state index contributed by atoms with van der Waals surface area (Å²) >= 11 is 1.61. The Morgan fingerprint density at radius 3 is 2.75 bits per heavy atom. The molecule has 1 aliphatic carbocycles. The van der Waals surface area contributed by atoms with Gasteiger partial charge in [0.1, 0.15) is 10.6 Å². The second-order valence-corrected chi connectivity index (χ2v) is 6.64. The molecule has 3 N–H and O–H groups in total. The Kier molecular flexibility index (Phi) is 4.05. The highest BCUT2D eigenvalue weighted by atomic mass is 32.1. The van der Waals surface area contributed by atoms with Crippen molar-refractivity contribution in [1.82, 2.24) is 9.97 Å². The third kappa shape index (κ3) is 2.87. The van der Waals surface area contributed by atoms with E-state index in [-0.39, 0.29) is 0 Å². The zero-order valence-electron chi connectivity index (χ0n) is 11.9. The molecular weight excluding hydrogens is 268 g/mol. The van der Waals surface area contributed by atoms with Crippen LogP contribution in [0.3, 0.4) is 0 Å². The van der Waals surface area contributed by atoms with Crippen LogP contribution in [0.4, 0.5) is 11.8 Å². The summed E-state index contributed by atoms with van der Waals surface area (Å²) in [5.74, 6) is 2.97. The molecule has 5 heteroatoms. The minimum absolute atomic E-state index is 0.358. The number of fused-ring (bicyclic) bond motifs is 1. The number of nitrogens with zero attached hydrogens (tertiary/aromatic N) is 2. The second kappa shape index (κ2) is 5.95. The number of aromatic nitrogens is 2. The molecule has 0 unspecified atom stereocenters. The summed E-state index contributed by atoms with van der Waals surface area (Å²) in [6.07, 6.45) is 6.75. The number of nitrogens with two attached hydrogens (primary N) is 1. The number of nitrogens with one attached hydrogen (secondary N) is 1. The summed E-state index contributed by atoms with van der Waals surface area (Å²) in [7, 11) is 0. The van der Waals surface area contributed by atoms with Crippen LogP contribution in [0.2, 0.25) is 0 Å². The monoisotopic (exact) mass is 290 g/mol. The van der Waals surface area contributed by atoms with Gasteiger partial charge in [0.15, 0.2) is 0 Å². The van der Waals surface area contributed by atoms with E-state index in [1.807, 2.05) is 5.38 Å². The Labute approximate surface area is 123 Å².